The minimum absolute atomic E-state index is 0. The van der Waals surface area contributed by atoms with Crippen LogP contribution in [-0.2, 0) is 0 Å². The van der Waals surface area contributed by atoms with Crippen molar-refractivity contribution in [2.24, 2.45) is 11.7 Å². The Kier molecular flexibility index (Phi) is 6.39. The summed E-state index contributed by atoms with van der Waals surface area (Å²) < 4.78 is 10.7. The van der Waals surface area contributed by atoms with E-state index in [0.29, 0.717) is 23.9 Å². The number of carbonyl (C=O) groups is 1. The molecule has 1 aliphatic heterocycles. The van der Waals surface area contributed by atoms with Crippen LogP contribution in [0, 0.1) is 5.92 Å². The molecule has 2 aliphatic rings. The second-order valence-corrected chi connectivity index (χ2v) is 7.31. The van der Waals surface area contributed by atoms with Gasteiger partial charge in [0.1, 0.15) is 10.7 Å². The molecule has 142 valence electrons. The SMILES string of the molecule is CC(CN)(NC(=O)c1csc(-c2ccc3c(c2)OCO3)n1)C1CC1.Cl.Cl. The van der Waals surface area contributed by atoms with Crippen LogP contribution in [0.4, 0.5) is 0 Å². The summed E-state index contributed by atoms with van der Waals surface area (Å²) in [6.45, 7) is 2.68. The molecular formula is C17H21Cl2N3O3S. The van der Waals surface area contributed by atoms with Crippen LogP contribution in [0.25, 0.3) is 10.6 Å². The zero-order valence-electron chi connectivity index (χ0n) is 14.2. The highest BCUT2D eigenvalue weighted by Crippen LogP contribution is 2.39. The van der Waals surface area contributed by atoms with Gasteiger partial charge in [0, 0.05) is 17.5 Å². The molecule has 3 N–H and O–H groups in total. The third-order valence-electron chi connectivity index (χ3n) is 4.66. The number of hydrogen-bond acceptors (Lipinski definition) is 6. The molecule has 1 fully saturated rings. The Morgan fingerprint density at radius 1 is 1.35 bits per heavy atom. The third kappa shape index (κ3) is 3.91. The lowest BCUT2D eigenvalue weighted by Crippen LogP contribution is -2.53. The van der Waals surface area contributed by atoms with Gasteiger partial charge >= 0.3 is 0 Å². The molecule has 1 aromatic heterocycles. The first-order valence-electron chi connectivity index (χ1n) is 7.97. The number of fused-ring (bicyclic) bond motifs is 1. The van der Waals surface area contributed by atoms with E-state index in [1.165, 1.54) is 11.3 Å². The van der Waals surface area contributed by atoms with Crippen molar-refractivity contribution in [3.05, 3.63) is 29.3 Å². The molecule has 0 radical (unpaired) electrons. The maximum atomic E-state index is 12.5. The Bertz CT molecular complexity index is 797. The van der Waals surface area contributed by atoms with E-state index in [9.17, 15) is 4.79 Å². The molecule has 9 heteroatoms. The third-order valence-corrected chi connectivity index (χ3v) is 5.55. The summed E-state index contributed by atoms with van der Waals surface area (Å²) in [7, 11) is 0. The van der Waals surface area contributed by atoms with Crippen LogP contribution in [-0.4, -0.2) is 29.8 Å². The molecule has 2 aromatic rings. The number of hydrogen-bond donors (Lipinski definition) is 2. The topological polar surface area (TPSA) is 86.5 Å². The number of carbonyl (C=O) groups excluding carboxylic acids is 1. The van der Waals surface area contributed by atoms with Gasteiger partial charge in [-0.1, -0.05) is 0 Å². The van der Waals surface area contributed by atoms with Gasteiger partial charge in [-0.05, 0) is 43.9 Å². The van der Waals surface area contributed by atoms with Crippen molar-refractivity contribution in [2.45, 2.75) is 25.3 Å². The molecule has 1 saturated carbocycles. The van der Waals surface area contributed by atoms with Gasteiger partial charge in [0.05, 0.1) is 5.54 Å². The Hall–Kier alpha value is -1.54. The Balaban J connectivity index is 0.00000121. The molecule has 4 rings (SSSR count). The van der Waals surface area contributed by atoms with Crippen molar-refractivity contribution >= 4 is 42.1 Å². The van der Waals surface area contributed by atoms with Crippen molar-refractivity contribution in [2.75, 3.05) is 13.3 Å². The minimum atomic E-state index is -0.348. The lowest BCUT2D eigenvalue weighted by Gasteiger charge is -2.29. The van der Waals surface area contributed by atoms with Crippen LogP contribution in [0.15, 0.2) is 23.6 Å². The van der Waals surface area contributed by atoms with Gasteiger partial charge in [0.25, 0.3) is 5.91 Å². The summed E-state index contributed by atoms with van der Waals surface area (Å²) >= 11 is 1.43. The van der Waals surface area contributed by atoms with Gasteiger partial charge in [-0.3, -0.25) is 4.79 Å². The van der Waals surface area contributed by atoms with E-state index in [1.807, 2.05) is 25.1 Å². The fourth-order valence-electron chi connectivity index (χ4n) is 2.90. The summed E-state index contributed by atoms with van der Waals surface area (Å²) in [5.74, 6) is 1.74. The Morgan fingerprint density at radius 3 is 2.77 bits per heavy atom. The quantitative estimate of drug-likeness (QED) is 0.779. The van der Waals surface area contributed by atoms with Crippen LogP contribution in [0.2, 0.25) is 0 Å². The van der Waals surface area contributed by atoms with Crippen LogP contribution in [0.1, 0.15) is 30.3 Å². The second kappa shape index (κ2) is 8.00. The lowest BCUT2D eigenvalue weighted by molar-refractivity contribution is 0.0893. The van der Waals surface area contributed by atoms with Gasteiger partial charge in [-0.25, -0.2) is 4.98 Å². The summed E-state index contributed by atoms with van der Waals surface area (Å²) in [4.78, 5) is 17.0. The molecular weight excluding hydrogens is 397 g/mol. The molecule has 2 heterocycles. The van der Waals surface area contributed by atoms with Gasteiger partial charge in [0.2, 0.25) is 6.79 Å². The predicted octanol–water partition coefficient (Wildman–Crippen LogP) is 3.24. The first-order valence-corrected chi connectivity index (χ1v) is 8.85. The summed E-state index contributed by atoms with van der Waals surface area (Å²) in [6.07, 6.45) is 2.24. The number of halogens is 2. The smallest absolute Gasteiger partial charge is 0.271 e. The number of benzene rings is 1. The van der Waals surface area contributed by atoms with Gasteiger partial charge < -0.3 is 20.5 Å². The average molecular weight is 418 g/mol. The highest BCUT2D eigenvalue weighted by atomic mass is 35.5. The molecule has 0 spiro atoms. The molecule has 1 aromatic carbocycles. The average Bonchev–Trinajstić information content (AvgIpc) is 3.16. The number of rotatable bonds is 5. The van der Waals surface area contributed by atoms with Gasteiger partial charge in [-0.15, -0.1) is 36.2 Å². The second-order valence-electron chi connectivity index (χ2n) is 6.46. The number of aromatic nitrogens is 1. The first-order chi connectivity index (χ1) is 11.6. The molecule has 1 unspecified atom stereocenters. The summed E-state index contributed by atoms with van der Waals surface area (Å²) in [5, 5.41) is 5.62. The normalized spacial score (nSPS) is 16.8. The molecule has 6 nitrogen and oxygen atoms in total. The lowest BCUT2D eigenvalue weighted by atomic mass is 9.96. The monoisotopic (exact) mass is 417 g/mol. The number of thiazole rings is 1. The van der Waals surface area contributed by atoms with Crippen LogP contribution < -0.4 is 20.5 Å². The molecule has 0 bridgehead atoms. The minimum Gasteiger partial charge on any atom is -0.454 e. The van der Waals surface area contributed by atoms with E-state index >= 15 is 0 Å². The van der Waals surface area contributed by atoms with E-state index in [4.69, 9.17) is 15.2 Å². The number of nitrogens with one attached hydrogen (secondary N) is 1. The number of ether oxygens (including phenoxy) is 2. The maximum absolute atomic E-state index is 12.5. The Labute approximate surface area is 168 Å². The highest BCUT2D eigenvalue weighted by molar-refractivity contribution is 7.13. The zero-order chi connectivity index (χ0) is 16.7. The van der Waals surface area contributed by atoms with Crippen molar-refractivity contribution in [1.29, 1.82) is 0 Å². The molecule has 1 atom stereocenters. The molecule has 1 aliphatic carbocycles. The highest BCUT2D eigenvalue weighted by Gasteiger charge is 2.41. The largest absolute Gasteiger partial charge is 0.454 e. The predicted molar refractivity (Wildman–Crippen MR) is 106 cm³/mol. The number of nitrogens with zero attached hydrogens (tertiary/aromatic N) is 1. The maximum Gasteiger partial charge on any atom is 0.271 e. The van der Waals surface area contributed by atoms with Gasteiger partial charge in [0.15, 0.2) is 11.5 Å². The van der Waals surface area contributed by atoms with E-state index in [1.54, 1.807) is 5.38 Å². The van der Waals surface area contributed by atoms with Crippen molar-refractivity contribution in [3.8, 4) is 22.1 Å². The zero-order valence-corrected chi connectivity index (χ0v) is 16.6. The number of amides is 1. The molecule has 1 amide bonds. The van der Waals surface area contributed by atoms with E-state index in [0.717, 1.165) is 29.2 Å². The fourth-order valence-corrected chi connectivity index (χ4v) is 3.70. The van der Waals surface area contributed by atoms with Crippen LogP contribution in [0.3, 0.4) is 0 Å². The standard InChI is InChI=1S/C17H19N3O3S.2ClH/c1-17(8-18,11-3-4-11)20-15(21)12-7-24-16(19-12)10-2-5-13-14(6-10)23-9-22-13;;/h2,5-7,11H,3-4,8-9,18H2,1H3,(H,20,21);2*1H. The molecule has 0 saturated heterocycles. The van der Waals surface area contributed by atoms with Crippen molar-refractivity contribution in [3.63, 3.8) is 0 Å². The first kappa shape index (κ1) is 20.8. The van der Waals surface area contributed by atoms with Crippen molar-refractivity contribution < 1.29 is 14.3 Å². The van der Waals surface area contributed by atoms with E-state index < -0.39 is 0 Å². The van der Waals surface area contributed by atoms with E-state index in [-0.39, 0.29) is 43.1 Å². The fraction of sp³-hybridized carbons (Fsp3) is 0.412. The van der Waals surface area contributed by atoms with Crippen LogP contribution >= 0.6 is 36.2 Å². The molecule has 26 heavy (non-hydrogen) atoms. The van der Waals surface area contributed by atoms with Crippen LogP contribution in [0.5, 0.6) is 11.5 Å². The van der Waals surface area contributed by atoms with E-state index in [2.05, 4.69) is 10.3 Å². The summed E-state index contributed by atoms with van der Waals surface area (Å²) in [5.41, 5.74) is 6.85. The van der Waals surface area contributed by atoms with Gasteiger partial charge in [-0.2, -0.15) is 0 Å². The summed E-state index contributed by atoms with van der Waals surface area (Å²) in [6, 6.07) is 5.66. The number of nitrogens with two attached hydrogens (primary N) is 1. The van der Waals surface area contributed by atoms with Crippen molar-refractivity contribution in [1.82, 2.24) is 10.3 Å². The Morgan fingerprint density at radius 2 is 2.08 bits per heavy atom.